The summed E-state index contributed by atoms with van der Waals surface area (Å²) in [6.45, 7) is 0.937. The molecule has 130 valence electrons. The lowest BCUT2D eigenvalue weighted by Crippen LogP contribution is -2.40. The molecule has 5 heteroatoms. The van der Waals surface area contributed by atoms with Gasteiger partial charge in [0.2, 0.25) is 0 Å². The van der Waals surface area contributed by atoms with Crippen LogP contribution in [0.25, 0.3) is 16.5 Å². The van der Waals surface area contributed by atoms with Gasteiger partial charge >= 0.3 is 0 Å². The summed E-state index contributed by atoms with van der Waals surface area (Å²) in [5.41, 5.74) is 11.1. The molecule has 4 heterocycles. The minimum atomic E-state index is -0.294. The predicted octanol–water partition coefficient (Wildman–Crippen LogP) is 3.34. The molecule has 0 aliphatic carbocycles. The van der Waals surface area contributed by atoms with Crippen molar-refractivity contribution in [2.24, 2.45) is 21.6 Å². The minimum absolute atomic E-state index is 0.0102. The average molecular weight is 343 g/mol. The quantitative estimate of drug-likeness (QED) is 0.808. The molecule has 0 bridgehead atoms. The van der Waals surface area contributed by atoms with Gasteiger partial charge in [0, 0.05) is 23.8 Å². The lowest BCUT2D eigenvalue weighted by molar-refractivity contribution is 0.487. The Morgan fingerprint density at radius 3 is 2.96 bits per heavy atom. The van der Waals surface area contributed by atoms with Crippen molar-refractivity contribution in [1.82, 2.24) is 9.88 Å². The maximum absolute atomic E-state index is 6.42. The van der Waals surface area contributed by atoms with Crippen LogP contribution < -0.4 is 5.73 Å². The first-order chi connectivity index (χ1) is 12.8. The lowest BCUT2D eigenvalue weighted by Gasteiger charge is -2.27. The molecule has 3 aliphatic rings. The van der Waals surface area contributed by atoms with E-state index >= 15 is 0 Å². The Labute approximate surface area is 152 Å². The van der Waals surface area contributed by atoms with Crippen molar-refractivity contribution in [2.75, 3.05) is 6.54 Å². The fourth-order valence-electron chi connectivity index (χ4n) is 4.23. The first-order valence-corrected chi connectivity index (χ1v) is 9.18. The van der Waals surface area contributed by atoms with E-state index in [-0.39, 0.29) is 12.1 Å². The van der Waals surface area contributed by atoms with Crippen LogP contribution in [0.3, 0.4) is 0 Å². The molecule has 0 fully saturated rings. The van der Waals surface area contributed by atoms with E-state index in [1.807, 2.05) is 18.3 Å². The van der Waals surface area contributed by atoms with Crippen LogP contribution in [-0.2, 0) is 0 Å². The highest BCUT2D eigenvalue weighted by Gasteiger charge is 2.42. The van der Waals surface area contributed by atoms with Gasteiger partial charge in [0.1, 0.15) is 18.3 Å². The Bertz CT molecular complexity index is 985. The lowest BCUT2D eigenvalue weighted by atomic mass is 9.89. The van der Waals surface area contributed by atoms with E-state index < -0.39 is 0 Å². The van der Waals surface area contributed by atoms with Crippen LogP contribution in [0.15, 0.2) is 64.4 Å². The van der Waals surface area contributed by atoms with Crippen molar-refractivity contribution in [3.8, 4) is 0 Å². The van der Waals surface area contributed by atoms with Gasteiger partial charge in [-0.1, -0.05) is 30.4 Å². The van der Waals surface area contributed by atoms with Crippen molar-refractivity contribution in [3.05, 3.63) is 59.9 Å². The standard InChI is InChI=1S/C21H21N5/c22-20-19-18(15-11-14-7-4-5-8-16(14)23-12-15)17-9-3-1-2-6-10-26(17)21(19)25-13-24-20/h1-2,4-5,7-8,11-13,19-20H,3,6,9-10,22H2/b2-1-. The maximum Gasteiger partial charge on any atom is 0.121 e. The summed E-state index contributed by atoms with van der Waals surface area (Å²) in [6, 6.07) is 10.5. The molecule has 0 amide bonds. The number of fused-ring (bicyclic) bond motifs is 4. The van der Waals surface area contributed by atoms with Crippen LogP contribution in [0.2, 0.25) is 0 Å². The second-order valence-corrected chi connectivity index (χ2v) is 6.95. The number of allylic oxidation sites excluding steroid dienone is 2. The van der Waals surface area contributed by atoms with E-state index in [0.717, 1.165) is 48.1 Å². The Morgan fingerprint density at radius 1 is 1.12 bits per heavy atom. The number of nitrogens with two attached hydrogens (primary N) is 1. The zero-order valence-electron chi connectivity index (χ0n) is 14.5. The molecular formula is C21H21N5. The number of aromatic nitrogens is 1. The van der Waals surface area contributed by atoms with Gasteiger partial charge in [-0.15, -0.1) is 0 Å². The van der Waals surface area contributed by atoms with Gasteiger partial charge in [0.25, 0.3) is 0 Å². The van der Waals surface area contributed by atoms with E-state index in [2.05, 4.69) is 50.2 Å². The van der Waals surface area contributed by atoms with Crippen molar-refractivity contribution < 1.29 is 0 Å². The molecule has 2 atom stereocenters. The van der Waals surface area contributed by atoms with E-state index in [4.69, 9.17) is 5.73 Å². The molecule has 5 rings (SSSR count). The van der Waals surface area contributed by atoms with Crippen LogP contribution >= 0.6 is 0 Å². The SMILES string of the molecule is NC1N=CN=C2C1C(c1cnc3ccccc3c1)=C1CC/C=C\CCN21. The zero-order valence-corrected chi connectivity index (χ0v) is 14.5. The van der Waals surface area contributed by atoms with Crippen molar-refractivity contribution in [2.45, 2.75) is 25.4 Å². The minimum Gasteiger partial charge on any atom is -0.332 e. The number of hydrogen-bond acceptors (Lipinski definition) is 5. The molecule has 1 aromatic heterocycles. The van der Waals surface area contributed by atoms with E-state index in [1.165, 1.54) is 11.3 Å². The van der Waals surface area contributed by atoms with Gasteiger partial charge < -0.3 is 10.6 Å². The monoisotopic (exact) mass is 343 g/mol. The molecule has 2 unspecified atom stereocenters. The van der Waals surface area contributed by atoms with Crippen molar-refractivity contribution >= 4 is 28.7 Å². The molecule has 1 aromatic carbocycles. The summed E-state index contributed by atoms with van der Waals surface area (Å²) in [5, 5.41) is 1.15. The fourth-order valence-corrected chi connectivity index (χ4v) is 4.23. The van der Waals surface area contributed by atoms with Crippen molar-refractivity contribution in [1.29, 1.82) is 0 Å². The average Bonchev–Trinajstić information content (AvgIpc) is 2.95. The number of hydrogen-bond donors (Lipinski definition) is 1. The van der Waals surface area contributed by atoms with Gasteiger partial charge in [0.05, 0.1) is 11.4 Å². The fraction of sp³-hybridized carbons (Fsp3) is 0.286. The van der Waals surface area contributed by atoms with Crippen LogP contribution in [-0.4, -0.2) is 34.8 Å². The van der Waals surface area contributed by atoms with E-state index in [0.29, 0.717) is 0 Å². The molecule has 5 nitrogen and oxygen atoms in total. The first kappa shape index (κ1) is 15.5. The Hall–Kier alpha value is -2.79. The number of pyridine rings is 1. The highest BCUT2D eigenvalue weighted by molar-refractivity contribution is 6.07. The van der Waals surface area contributed by atoms with Gasteiger partial charge in [-0.25, -0.2) is 4.99 Å². The molecule has 26 heavy (non-hydrogen) atoms. The summed E-state index contributed by atoms with van der Waals surface area (Å²) in [4.78, 5) is 16.1. The van der Waals surface area contributed by atoms with Gasteiger partial charge in [-0.2, -0.15) is 0 Å². The largest absolute Gasteiger partial charge is 0.332 e. The highest BCUT2D eigenvalue weighted by Crippen LogP contribution is 2.43. The Kier molecular flexibility index (Phi) is 3.68. The summed E-state index contributed by atoms with van der Waals surface area (Å²) in [6.07, 6.45) is 10.9. The van der Waals surface area contributed by atoms with Gasteiger partial charge in [-0.05, 0) is 42.5 Å². The first-order valence-electron chi connectivity index (χ1n) is 9.18. The second kappa shape index (κ2) is 6.18. The molecule has 0 saturated carbocycles. The highest BCUT2D eigenvalue weighted by atomic mass is 15.3. The molecule has 0 saturated heterocycles. The number of amidine groups is 1. The number of para-hydroxylation sites is 1. The number of rotatable bonds is 1. The second-order valence-electron chi connectivity index (χ2n) is 6.95. The number of benzene rings is 1. The van der Waals surface area contributed by atoms with E-state index in [1.54, 1.807) is 6.34 Å². The third-order valence-corrected chi connectivity index (χ3v) is 5.41. The van der Waals surface area contributed by atoms with E-state index in [9.17, 15) is 0 Å². The molecule has 2 N–H and O–H groups in total. The molecule has 3 aliphatic heterocycles. The Morgan fingerprint density at radius 2 is 2.00 bits per heavy atom. The molecular weight excluding hydrogens is 322 g/mol. The summed E-state index contributed by atoms with van der Waals surface area (Å²) < 4.78 is 0. The summed E-state index contributed by atoms with van der Waals surface area (Å²) in [5.74, 6) is 1.05. The number of aliphatic imine (C=N–C) groups is 2. The summed E-state index contributed by atoms with van der Waals surface area (Å²) >= 11 is 0. The smallest absolute Gasteiger partial charge is 0.121 e. The zero-order chi connectivity index (χ0) is 17.5. The molecule has 0 radical (unpaired) electrons. The third kappa shape index (κ3) is 2.39. The van der Waals surface area contributed by atoms with Gasteiger partial charge in [0.15, 0.2) is 0 Å². The van der Waals surface area contributed by atoms with Crippen LogP contribution in [0.5, 0.6) is 0 Å². The van der Waals surface area contributed by atoms with Crippen LogP contribution in [0.1, 0.15) is 24.8 Å². The van der Waals surface area contributed by atoms with Crippen LogP contribution in [0, 0.1) is 5.92 Å². The third-order valence-electron chi connectivity index (χ3n) is 5.41. The molecule has 2 aromatic rings. The maximum atomic E-state index is 6.42. The topological polar surface area (TPSA) is 66.9 Å². The number of nitrogens with zero attached hydrogens (tertiary/aromatic N) is 4. The predicted molar refractivity (Wildman–Crippen MR) is 106 cm³/mol. The van der Waals surface area contributed by atoms with Gasteiger partial charge in [-0.3, -0.25) is 9.98 Å². The molecule has 0 spiro atoms. The summed E-state index contributed by atoms with van der Waals surface area (Å²) in [7, 11) is 0. The normalized spacial score (nSPS) is 26.2. The van der Waals surface area contributed by atoms with Crippen LogP contribution in [0.4, 0.5) is 0 Å². The van der Waals surface area contributed by atoms with Crippen molar-refractivity contribution in [3.63, 3.8) is 0 Å². The Balaban J connectivity index is 1.70.